The minimum atomic E-state index is -3.61. The zero-order chi connectivity index (χ0) is 21.6. The van der Waals surface area contributed by atoms with Gasteiger partial charge in [-0.3, -0.25) is 4.79 Å². The Hall–Kier alpha value is -3.23. The maximum Gasteiger partial charge on any atom is 0.251 e. The fourth-order valence-corrected chi connectivity index (χ4v) is 3.85. The summed E-state index contributed by atoms with van der Waals surface area (Å²) in [7, 11) is -0.667. The van der Waals surface area contributed by atoms with Crippen molar-refractivity contribution < 1.29 is 17.9 Å². The third kappa shape index (κ3) is 5.22. The SMILES string of the molecule is CN(C)S(=O)(=O)c1ccccc1CNC(=O)c1ccnc(OCc2ccccc2)c1. The van der Waals surface area contributed by atoms with Crippen LogP contribution in [0, 0.1) is 0 Å². The molecule has 0 spiro atoms. The summed E-state index contributed by atoms with van der Waals surface area (Å²) in [6.07, 6.45) is 1.50. The van der Waals surface area contributed by atoms with Crippen LogP contribution in [-0.4, -0.2) is 37.7 Å². The van der Waals surface area contributed by atoms with Crippen LogP contribution in [0.15, 0.2) is 77.8 Å². The van der Waals surface area contributed by atoms with E-state index in [0.717, 1.165) is 9.87 Å². The Morgan fingerprint density at radius 2 is 1.73 bits per heavy atom. The predicted molar refractivity (Wildman–Crippen MR) is 113 cm³/mol. The molecule has 0 unspecified atom stereocenters. The van der Waals surface area contributed by atoms with Crippen molar-refractivity contribution in [3.63, 3.8) is 0 Å². The van der Waals surface area contributed by atoms with Gasteiger partial charge in [0, 0.05) is 38.5 Å². The number of carbonyl (C=O) groups is 1. The topological polar surface area (TPSA) is 88.6 Å². The van der Waals surface area contributed by atoms with E-state index >= 15 is 0 Å². The monoisotopic (exact) mass is 425 g/mol. The number of nitrogens with one attached hydrogen (secondary N) is 1. The fourth-order valence-electron chi connectivity index (χ4n) is 2.74. The molecule has 7 nitrogen and oxygen atoms in total. The molecular formula is C22H23N3O4S. The first kappa shape index (κ1) is 21.5. The minimum Gasteiger partial charge on any atom is -0.473 e. The number of benzene rings is 2. The Kier molecular flexibility index (Phi) is 6.81. The molecule has 0 aliphatic rings. The number of amides is 1. The van der Waals surface area contributed by atoms with Crippen LogP contribution in [-0.2, 0) is 23.2 Å². The number of sulfonamides is 1. The summed E-state index contributed by atoms with van der Waals surface area (Å²) >= 11 is 0. The minimum absolute atomic E-state index is 0.0740. The molecule has 3 aromatic rings. The predicted octanol–water partition coefficient (Wildman–Crippen LogP) is 2.84. The number of aromatic nitrogens is 1. The van der Waals surface area contributed by atoms with E-state index in [-0.39, 0.29) is 17.3 Å². The van der Waals surface area contributed by atoms with Gasteiger partial charge in [-0.25, -0.2) is 17.7 Å². The summed E-state index contributed by atoms with van der Waals surface area (Å²) in [5.74, 6) is -0.0129. The van der Waals surface area contributed by atoms with Gasteiger partial charge in [-0.1, -0.05) is 48.5 Å². The van der Waals surface area contributed by atoms with Gasteiger partial charge in [-0.05, 0) is 23.3 Å². The molecule has 30 heavy (non-hydrogen) atoms. The van der Waals surface area contributed by atoms with Crippen molar-refractivity contribution in [1.82, 2.24) is 14.6 Å². The van der Waals surface area contributed by atoms with Crippen LogP contribution in [0.3, 0.4) is 0 Å². The molecule has 3 rings (SSSR count). The average Bonchev–Trinajstić information content (AvgIpc) is 2.77. The number of pyridine rings is 1. The summed E-state index contributed by atoms with van der Waals surface area (Å²) in [5, 5.41) is 2.76. The van der Waals surface area contributed by atoms with Gasteiger partial charge in [-0.2, -0.15) is 0 Å². The summed E-state index contributed by atoms with van der Waals surface area (Å²) in [6.45, 7) is 0.416. The third-order valence-electron chi connectivity index (χ3n) is 4.40. The van der Waals surface area contributed by atoms with Crippen LogP contribution in [0.5, 0.6) is 5.88 Å². The first-order chi connectivity index (χ1) is 14.4. The van der Waals surface area contributed by atoms with Gasteiger partial charge < -0.3 is 10.1 Å². The van der Waals surface area contributed by atoms with E-state index in [1.54, 1.807) is 30.3 Å². The first-order valence-electron chi connectivity index (χ1n) is 9.29. The number of rotatable bonds is 8. The number of nitrogens with zero attached hydrogens (tertiary/aromatic N) is 2. The molecule has 156 valence electrons. The molecule has 0 fully saturated rings. The molecular weight excluding hydrogens is 402 g/mol. The average molecular weight is 426 g/mol. The molecule has 1 heterocycles. The number of hydrogen-bond acceptors (Lipinski definition) is 5. The van der Waals surface area contributed by atoms with Crippen LogP contribution in [0.25, 0.3) is 0 Å². The zero-order valence-electron chi connectivity index (χ0n) is 16.8. The molecule has 0 bridgehead atoms. The van der Waals surface area contributed by atoms with Crippen LogP contribution < -0.4 is 10.1 Å². The number of carbonyl (C=O) groups excluding carboxylic acids is 1. The molecule has 0 atom stereocenters. The maximum atomic E-state index is 12.6. The second kappa shape index (κ2) is 9.51. The summed E-state index contributed by atoms with van der Waals surface area (Å²) in [4.78, 5) is 16.9. The first-order valence-corrected chi connectivity index (χ1v) is 10.7. The summed E-state index contributed by atoms with van der Waals surface area (Å²) < 4.78 is 31.8. The van der Waals surface area contributed by atoms with Crippen LogP contribution in [0.4, 0.5) is 0 Å². The normalized spacial score (nSPS) is 11.3. The molecule has 8 heteroatoms. The van der Waals surface area contributed by atoms with Gasteiger partial charge in [0.05, 0.1) is 4.90 Å². The van der Waals surface area contributed by atoms with Crippen LogP contribution in [0.2, 0.25) is 0 Å². The second-order valence-electron chi connectivity index (χ2n) is 6.73. The molecule has 2 aromatic carbocycles. The number of hydrogen-bond donors (Lipinski definition) is 1. The standard InChI is InChI=1S/C22H23N3O4S/c1-25(2)30(27,28)20-11-7-6-10-19(20)15-24-22(26)18-12-13-23-21(14-18)29-16-17-8-4-3-5-9-17/h3-14H,15-16H2,1-2H3,(H,24,26). The van der Waals surface area contributed by atoms with Crippen molar-refractivity contribution >= 4 is 15.9 Å². The molecule has 0 saturated carbocycles. The highest BCUT2D eigenvalue weighted by molar-refractivity contribution is 7.89. The Balaban J connectivity index is 1.68. The molecule has 0 aliphatic heterocycles. The molecule has 1 N–H and O–H groups in total. The van der Waals surface area contributed by atoms with Gasteiger partial charge in [0.15, 0.2) is 0 Å². The van der Waals surface area contributed by atoms with Gasteiger partial charge in [-0.15, -0.1) is 0 Å². The lowest BCUT2D eigenvalue weighted by Crippen LogP contribution is -2.27. The van der Waals surface area contributed by atoms with E-state index in [0.29, 0.717) is 23.6 Å². The van der Waals surface area contributed by atoms with Crippen LogP contribution >= 0.6 is 0 Å². The van der Waals surface area contributed by atoms with E-state index in [9.17, 15) is 13.2 Å². The molecule has 0 aliphatic carbocycles. The van der Waals surface area contributed by atoms with Crippen molar-refractivity contribution in [1.29, 1.82) is 0 Å². The lowest BCUT2D eigenvalue weighted by molar-refractivity contribution is 0.0950. The second-order valence-corrected chi connectivity index (χ2v) is 8.86. The quantitative estimate of drug-likeness (QED) is 0.600. The van der Waals surface area contributed by atoms with Crippen LogP contribution in [0.1, 0.15) is 21.5 Å². The Morgan fingerprint density at radius 1 is 1.03 bits per heavy atom. The third-order valence-corrected chi connectivity index (χ3v) is 6.31. The summed E-state index contributed by atoms with van der Waals surface area (Å²) in [6, 6.07) is 19.4. The van der Waals surface area contributed by atoms with E-state index < -0.39 is 10.0 Å². The van der Waals surface area contributed by atoms with Crippen molar-refractivity contribution in [3.05, 3.63) is 89.6 Å². The Bertz CT molecular complexity index is 1120. The molecule has 0 radical (unpaired) electrons. The summed E-state index contributed by atoms with van der Waals surface area (Å²) in [5.41, 5.74) is 1.88. The Morgan fingerprint density at radius 3 is 2.47 bits per heavy atom. The molecule has 0 saturated heterocycles. The van der Waals surface area contributed by atoms with Crippen molar-refractivity contribution in [2.75, 3.05) is 14.1 Å². The highest BCUT2D eigenvalue weighted by atomic mass is 32.2. The van der Waals surface area contributed by atoms with Gasteiger partial charge >= 0.3 is 0 Å². The van der Waals surface area contributed by atoms with Gasteiger partial charge in [0.1, 0.15) is 6.61 Å². The lowest BCUT2D eigenvalue weighted by Gasteiger charge is -2.15. The highest BCUT2D eigenvalue weighted by Crippen LogP contribution is 2.19. The van der Waals surface area contributed by atoms with E-state index in [2.05, 4.69) is 10.3 Å². The van der Waals surface area contributed by atoms with Gasteiger partial charge in [0.2, 0.25) is 15.9 Å². The van der Waals surface area contributed by atoms with E-state index in [1.807, 2.05) is 30.3 Å². The zero-order valence-corrected chi connectivity index (χ0v) is 17.6. The van der Waals surface area contributed by atoms with Crippen molar-refractivity contribution in [2.45, 2.75) is 18.0 Å². The lowest BCUT2D eigenvalue weighted by atomic mass is 10.2. The van der Waals surface area contributed by atoms with Crippen molar-refractivity contribution in [3.8, 4) is 5.88 Å². The molecule has 1 amide bonds. The smallest absolute Gasteiger partial charge is 0.251 e. The largest absolute Gasteiger partial charge is 0.473 e. The van der Waals surface area contributed by atoms with E-state index in [4.69, 9.17) is 4.74 Å². The maximum absolute atomic E-state index is 12.6. The molecule has 1 aromatic heterocycles. The fraction of sp³-hybridized carbons (Fsp3) is 0.182. The van der Waals surface area contributed by atoms with Crippen molar-refractivity contribution in [2.24, 2.45) is 0 Å². The van der Waals surface area contributed by atoms with E-state index in [1.165, 1.54) is 26.4 Å². The highest BCUT2D eigenvalue weighted by Gasteiger charge is 2.21. The Labute approximate surface area is 176 Å². The number of ether oxygens (including phenoxy) is 1. The van der Waals surface area contributed by atoms with Gasteiger partial charge in [0.25, 0.3) is 5.91 Å².